The van der Waals surface area contributed by atoms with E-state index in [4.69, 9.17) is 4.74 Å². The number of hydrogen-bond donors (Lipinski definition) is 2. The van der Waals surface area contributed by atoms with Crippen molar-refractivity contribution >= 4 is 17.5 Å². The highest BCUT2D eigenvalue weighted by Crippen LogP contribution is 2.21. The number of rotatable bonds is 7. The van der Waals surface area contributed by atoms with Gasteiger partial charge in [-0.2, -0.15) is 0 Å². The fourth-order valence-corrected chi connectivity index (χ4v) is 2.77. The van der Waals surface area contributed by atoms with Gasteiger partial charge in [0, 0.05) is 23.2 Å². The van der Waals surface area contributed by atoms with E-state index in [1.807, 2.05) is 59.1 Å². The number of nitrogens with one attached hydrogen (secondary N) is 2. The topological polar surface area (TPSA) is 70.7 Å². The molecule has 0 aliphatic heterocycles. The summed E-state index contributed by atoms with van der Waals surface area (Å²) in [7, 11) is 5.59. The fourth-order valence-electron chi connectivity index (χ4n) is 2.77. The van der Waals surface area contributed by atoms with E-state index < -0.39 is 5.41 Å². The van der Waals surface area contributed by atoms with E-state index in [0.717, 1.165) is 11.3 Å². The van der Waals surface area contributed by atoms with E-state index in [1.54, 1.807) is 31.4 Å². The molecule has 6 heteroatoms. The maximum atomic E-state index is 12.7. The van der Waals surface area contributed by atoms with Crippen LogP contribution in [-0.2, 0) is 4.79 Å². The first kappa shape index (κ1) is 22.4. The van der Waals surface area contributed by atoms with Gasteiger partial charge in [0.25, 0.3) is 5.91 Å². The minimum absolute atomic E-state index is 0.0219. The number of carbonyl (C=O) groups excluding carboxylic acids is 2. The quantitative estimate of drug-likeness (QED) is 0.747. The molecule has 0 aromatic heterocycles. The SMILES string of the molecule is COc1ccc(C(CNC(=O)c2cccc(NC(=O)C(C)(C)C)c2)N(C)C)cc1. The molecule has 0 heterocycles. The van der Waals surface area contributed by atoms with E-state index in [1.165, 1.54) is 0 Å². The summed E-state index contributed by atoms with van der Waals surface area (Å²) >= 11 is 0. The van der Waals surface area contributed by atoms with Crippen molar-refractivity contribution in [3.63, 3.8) is 0 Å². The molecule has 0 saturated heterocycles. The van der Waals surface area contributed by atoms with Gasteiger partial charge in [-0.1, -0.05) is 39.0 Å². The molecule has 2 aromatic carbocycles. The van der Waals surface area contributed by atoms with Crippen molar-refractivity contribution in [3.05, 3.63) is 59.7 Å². The summed E-state index contributed by atoms with van der Waals surface area (Å²) < 4.78 is 5.21. The lowest BCUT2D eigenvalue weighted by molar-refractivity contribution is -0.123. The zero-order valence-electron chi connectivity index (χ0n) is 18.1. The third-order valence-corrected chi connectivity index (χ3v) is 4.64. The predicted molar refractivity (Wildman–Crippen MR) is 116 cm³/mol. The molecule has 1 atom stereocenters. The molecule has 0 radical (unpaired) electrons. The van der Waals surface area contributed by atoms with Crippen LogP contribution in [0.2, 0.25) is 0 Å². The summed E-state index contributed by atoms with van der Waals surface area (Å²) in [5, 5.41) is 5.85. The Kier molecular flexibility index (Phi) is 7.40. The zero-order chi connectivity index (χ0) is 21.6. The summed E-state index contributed by atoms with van der Waals surface area (Å²) in [5.41, 5.74) is 1.69. The number of ether oxygens (including phenoxy) is 1. The van der Waals surface area contributed by atoms with E-state index in [9.17, 15) is 9.59 Å². The third-order valence-electron chi connectivity index (χ3n) is 4.64. The Morgan fingerprint density at radius 1 is 1.07 bits per heavy atom. The number of amides is 2. The van der Waals surface area contributed by atoms with Crippen molar-refractivity contribution in [2.75, 3.05) is 33.1 Å². The molecule has 2 N–H and O–H groups in total. The fraction of sp³-hybridized carbons (Fsp3) is 0.391. The highest BCUT2D eigenvalue weighted by atomic mass is 16.5. The second-order valence-corrected chi connectivity index (χ2v) is 8.25. The van der Waals surface area contributed by atoms with Gasteiger partial charge in [-0.3, -0.25) is 9.59 Å². The number of carbonyl (C=O) groups is 2. The van der Waals surface area contributed by atoms with Gasteiger partial charge in [0.05, 0.1) is 13.2 Å². The van der Waals surface area contributed by atoms with Crippen molar-refractivity contribution in [3.8, 4) is 5.75 Å². The monoisotopic (exact) mass is 397 g/mol. The average molecular weight is 398 g/mol. The number of hydrogen-bond acceptors (Lipinski definition) is 4. The number of methoxy groups -OCH3 is 1. The second kappa shape index (κ2) is 9.56. The molecular formula is C23H31N3O3. The first-order valence-electron chi connectivity index (χ1n) is 9.62. The summed E-state index contributed by atoms with van der Waals surface area (Å²) in [6.07, 6.45) is 0. The summed E-state index contributed by atoms with van der Waals surface area (Å²) in [4.78, 5) is 26.9. The molecule has 0 aliphatic rings. The highest BCUT2D eigenvalue weighted by molar-refractivity contribution is 5.98. The van der Waals surface area contributed by atoms with Crippen molar-refractivity contribution in [1.29, 1.82) is 0 Å². The number of nitrogens with zero attached hydrogens (tertiary/aromatic N) is 1. The molecule has 0 saturated carbocycles. The molecule has 29 heavy (non-hydrogen) atoms. The Morgan fingerprint density at radius 3 is 2.28 bits per heavy atom. The molecule has 0 fully saturated rings. The molecule has 2 rings (SSSR count). The summed E-state index contributed by atoms with van der Waals surface area (Å²) in [6, 6.07) is 14.8. The van der Waals surface area contributed by atoms with Gasteiger partial charge in [-0.15, -0.1) is 0 Å². The Hall–Kier alpha value is -2.86. The first-order chi connectivity index (χ1) is 13.6. The maximum absolute atomic E-state index is 12.7. The van der Waals surface area contributed by atoms with Crippen LogP contribution in [0.1, 0.15) is 42.7 Å². The first-order valence-corrected chi connectivity index (χ1v) is 9.62. The molecule has 0 aliphatic carbocycles. The molecule has 6 nitrogen and oxygen atoms in total. The zero-order valence-corrected chi connectivity index (χ0v) is 18.1. The number of likely N-dealkylation sites (N-methyl/N-ethyl adjacent to an activating group) is 1. The summed E-state index contributed by atoms with van der Waals surface area (Å²) in [5.74, 6) is 0.517. The molecule has 2 aromatic rings. The van der Waals surface area contributed by atoms with Crippen LogP contribution in [0.5, 0.6) is 5.75 Å². The van der Waals surface area contributed by atoms with Crippen LogP contribution in [0.15, 0.2) is 48.5 Å². The minimum Gasteiger partial charge on any atom is -0.497 e. The second-order valence-electron chi connectivity index (χ2n) is 8.25. The van der Waals surface area contributed by atoms with Crippen molar-refractivity contribution in [1.82, 2.24) is 10.2 Å². The van der Waals surface area contributed by atoms with E-state index in [2.05, 4.69) is 15.5 Å². The van der Waals surface area contributed by atoms with Crippen LogP contribution in [0.25, 0.3) is 0 Å². The van der Waals surface area contributed by atoms with Gasteiger partial charge in [-0.05, 0) is 50.0 Å². The van der Waals surface area contributed by atoms with Crippen molar-refractivity contribution in [2.45, 2.75) is 26.8 Å². The molecule has 1 unspecified atom stereocenters. The van der Waals surface area contributed by atoms with E-state index in [0.29, 0.717) is 17.8 Å². The van der Waals surface area contributed by atoms with E-state index >= 15 is 0 Å². The van der Waals surface area contributed by atoms with Crippen LogP contribution in [0.4, 0.5) is 5.69 Å². The lowest BCUT2D eigenvalue weighted by Gasteiger charge is -2.25. The Morgan fingerprint density at radius 2 is 1.72 bits per heavy atom. The molecular weight excluding hydrogens is 366 g/mol. The van der Waals surface area contributed by atoms with Gasteiger partial charge in [0.2, 0.25) is 5.91 Å². The normalized spacial score (nSPS) is 12.4. The Bertz CT molecular complexity index is 839. The highest BCUT2D eigenvalue weighted by Gasteiger charge is 2.21. The Labute approximate surface area is 173 Å². The van der Waals surface area contributed by atoms with Crippen LogP contribution < -0.4 is 15.4 Å². The van der Waals surface area contributed by atoms with Gasteiger partial charge >= 0.3 is 0 Å². The van der Waals surface area contributed by atoms with Crippen LogP contribution >= 0.6 is 0 Å². The number of benzene rings is 2. The van der Waals surface area contributed by atoms with Crippen molar-refractivity contribution in [2.24, 2.45) is 5.41 Å². The van der Waals surface area contributed by atoms with Gasteiger partial charge < -0.3 is 20.3 Å². The average Bonchev–Trinajstić information content (AvgIpc) is 2.67. The van der Waals surface area contributed by atoms with Crippen LogP contribution in [0, 0.1) is 5.41 Å². The van der Waals surface area contributed by atoms with Crippen LogP contribution in [-0.4, -0.2) is 44.5 Å². The molecule has 0 bridgehead atoms. The predicted octanol–water partition coefficient (Wildman–Crippen LogP) is 3.71. The lowest BCUT2D eigenvalue weighted by atomic mass is 9.95. The molecule has 0 spiro atoms. The standard InChI is InChI=1S/C23H31N3O3/c1-23(2,3)22(28)25-18-9-7-8-17(14-18)21(27)24-15-20(26(4)5)16-10-12-19(29-6)13-11-16/h7-14,20H,15H2,1-6H3,(H,24,27)(H,25,28). The van der Waals surface area contributed by atoms with E-state index in [-0.39, 0.29) is 17.9 Å². The lowest BCUT2D eigenvalue weighted by Crippen LogP contribution is -2.34. The third kappa shape index (κ3) is 6.32. The number of anilines is 1. The van der Waals surface area contributed by atoms with Crippen LogP contribution in [0.3, 0.4) is 0 Å². The van der Waals surface area contributed by atoms with Gasteiger partial charge in [0.15, 0.2) is 0 Å². The smallest absolute Gasteiger partial charge is 0.251 e. The Balaban J connectivity index is 2.06. The molecule has 156 valence electrons. The van der Waals surface area contributed by atoms with Gasteiger partial charge in [-0.25, -0.2) is 0 Å². The summed E-state index contributed by atoms with van der Waals surface area (Å²) in [6.45, 7) is 6.00. The maximum Gasteiger partial charge on any atom is 0.251 e. The van der Waals surface area contributed by atoms with Gasteiger partial charge in [0.1, 0.15) is 5.75 Å². The minimum atomic E-state index is -0.504. The van der Waals surface area contributed by atoms with Crippen molar-refractivity contribution < 1.29 is 14.3 Å². The molecule has 2 amide bonds. The largest absolute Gasteiger partial charge is 0.497 e.